The lowest BCUT2D eigenvalue weighted by Gasteiger charge is -2.04. The van der Waals surface area contributed by atoms with Crippen LogP contribution in [0.4, 0.5) is 0 Å². The highest BCUT2D eigenvalue weighted by Gasteiger charge is 2.19. The van der Waals surface area contributed by atoms with Crippen molar-refractivity contribution in [3.8, 4) is 0 Å². The van der Waals surface area contributed by atoms with Crippen molar-refractivity contribution in [1.82, 2.24) is 0 Å². The Balaban J connectivity index is 2.94. The lowest BCUT2D eigenvalue weighted by Crippen LogP contribution is -2.12. The van der Waals surface area contributed by atoms with Gasteiger partial charge in [-0.3, -0.25) is 9.59 Å². The van der Waals surface area contributed by atoms with Gasteiger partial charge < -0.3 is 10.8 Å². The van der Waals surface area contributed by atoms with Crippen molar-refractivity contribution >= 4 is 12.3 Å². The summed E-state index contributed by atoms with van der Waals surface area (Å²) < 4.78 is 0. The van der Waals surface area contributed by atoms with E-state index in [1.807, 2.05) is 0 Å². The minimum absolute atomic E-state index is 0.392. The molecule has 0 fully saturated rings. The third kappa shape index (κ3) is 2.17. The lowest BCUT2D eigenvalue weighted by molar-refractivity contribution is -0.137. The van der Waals surface area contributed by atoms with Crippen LogP contribution in [-0.2, 0) is 16.1 Å². The van der Waals surface area contributed by atoms with Crippen LogP contribution in [0.3, 0.4) is 0 Å². The van der Waals surface area contributed by atoms with Gasteiger partial charge in [-0.2, -0.15) is 0 Å². The van der Waals surface area contributed by atoms with E-state index in [-0.39, 0.29) is 0 Å². The van der Waals surface area contributed by atoms with Crippen molar-refractivity contribution in [3.63, 3.8) is 0 Å². The highest BCUT2D eigenvalue weighted by atomic mass is 16.4. The molecule has 0 saturated heterocycles. The number of benzene rings is 1. The Bertz CT molecular complexity index is 332. The van der Waals surface area contributed by atoms with Crippen LogP contribution in [0.2, 0.25) is 0 Å². The zero-order valence-corrected chi connectivity index (χ0v) is 7.43. The Labute approximate surface area is 81.3 Å². The van der Waals surface area contributed by atoms with Gasteiger partial charge in [0.2, 0.25) is 6.29 Å². The first-order valence-corrected chi connectivity index (χ1v) is 4.08. The molecule has 3 N–H and O–H groups in total. The Kier molecular flexibility index (Phi) is 3.36. The summed E-state index contributed by atoms with van der Waals surface area (Å²) in [6, 6.07) is 6.54. The van der Waals surface area contributed by atoms with Crippen molar-refractivity contribution in [1.29, 1.82) is 0 Å². The maximum absolute atomic E-state index is 10.6. The van der Waals surface area contributed by atoms with Gasteiger partial charge in [0, 0.05) is 6.54 Å². The summed E-state index contributed by atoms with van der Waals surface area (Å²) in [5.74, 6) is -2.40. The molecule has 0 aromatic heterocycles. The number of carboxylic acids is 1. The fourth-order valence-electron chi connectivity index (χ4n) is 1.11. The van der Waals surface area contributed by atoms with Gasteiger partial charge in [0.05, 0.1) is 0 Å². The van der Waals surface area contributed by atoms with Crippen molar-refractivity contribution in [2.24, 2.45) is 5.73 Å². The van der Waals surface area contributed by atoms with Crippen molar-refractivity contribution in [2.45, 2.75) is 12.5 Å². The van der Waals surface area contributed by atoms with Gasteiger partial charge in [0.25, 0.3) is 0 Å². The number of carbonyl (C=O) groups is 1. The number of rotatable bonds is 4. The van der Waals surface area contributed by atoms with Gasteiger partial charge in [-0.05, 0) is 11.1 Å². The number of hydrogen-bond acceptors (Lipinski definition) is 3. The predicted molar refractivity (Wildman–Crippen MR) is 50.4 cm³/mol. The molecule has 0 aliphatic rings. The van der Waals surface area contributed by atoms with E-state index >= 15 is 0 Å². The molecule has 1 atom stereocenters. The van der Waals surface area contributed by atoms with Gasteiger partial charge in [0.15, 0.2) is 0 Å². The third-order valence-corrected chi connectivity index (χ3v) is 1.91. The molecule has 0 amide bonds. The van der Waals surface area contributed by atoms with Crippen molar-refractivity contribution < 1.29 is 14.7 Å². The van der Waals surface area contributed by atoms with Gasteiger partial charge in [-0.15, -0.1) is 0 Å². The van der Waals surface area contributed by atoms with Crippen LogP contribution in [0.5, 0.6) is 0 Å². The van der Waals surface area contributed by atoms with E-state index < -0.39 is 11.9 Å². The smallest absolute Gasteiger partial charge is 0.319 e. The molecule has 1 unspecified atom stereocenters. The molecule has 0 saturated carbocycles. The summed E-state index contributed by atoms with van der Waals surface area (Å²) in [5, 5.41) is 8.67. The van der Waals surface area contributed by atoms with Gasteiger partial charge >= 0.3 is 5.97 Å². The zero-order chi connectivity index (χ0) is 10.6. The molecule has 0 spiro atoms. The highest BCUT2D eigenvalue weighted by Crippen LogP contribution is 2.14. The van der Waals surface area contributed by atoms with Crippen LogP contribution in [0.25, 0.3) is 0 Å². The molecule has 1 aromatic rings. The summed E-state index contributed by atoms with van der Waals surface area (Å²) >= 11 is 0. The first kappa shape index (κ1) is 10.4. The van der Waals surface area contributed by atoms with Crippen molar-refractivity contribution in [2.75, 3.05) is 0 Å². The van der Waals surface area contributed by atoms with Gasteiger partial charge in [-0.1, -0.05) is 24.3 Å². The molecule has 73 valence electrons. The molecule has 0 aliphatic carbocycles. The monoisotopic (exact) mass is 192 g/mol. The molecule has 1 radical (unpaired) electrons. The van der Waals surface area contributed by atoms with Gasteiger partial charge in [0.1, 0.15) is 5.92 Å². The molecule has 4 nitrogen and oxygen atoms in total. The molecule has 14 heavy (non-hydrogen) atoms. The largest absolute Gasteiger partial charge is 0.480 e. The van der Waals surface area contributed by atoms with E-state index in [4.69, 9.17) is 10.8 Å². The molecular weight excluding hydrogens is 182 g/mol. The van der Waals surface area contributed by atoms with Crippen LogP contribution in [0, 0.1) is 0 Å². The second kappa shape index (κ2) is 4.53. The molecule has 4 heteroatoms. The topological polar surface area (TPSA) is 80.4 Å². The number of aliphatic carboxylic acids is 1. The predicted octanol–water partition coefficient (Wildman–Crippen LogP) is 0.423. The maximum atomic E-state index is 10.6. The lowest BCUT2D eigenvalue weighted by atomic mass is 10.00. The molecular formula is C10H10NO3. The van der Waals surface area contributed by atoms with E-state index in [0.29, 0.717) is 12.1 Å². The highest BCUT2D eigenvalue weighted by molar-refractivity contribution is 5.93. The standard InChI is InChI=1S/C10H10NO3/c11-5-7-1-3-8(4-2-7)9(6-12)10(13)14/h1-4,9H,5,11H2,(H,13,14). The van der Waals surface area contributed by atoms with Crippen LogP contribution in [-0.4, -0.2) is 17.4 Å². The number of nitrogens with two attached hydrogens (primary N) is 1. The molecule has 0 aliphatic heterocycles. The number of hydrogen-bond donors (Lipinski definition) is 2. The quantitative estimate of drug-likeness (QED) is 0.677. The second-order valence-electron chi connectivity index (χ2n) is 2.83. The average Bonchev–Trinajstić information content (AvgIpc) is 2.19. The molecule has 0 bridgehead atoms. The van der Waals surface area contributed by atoms with E-state index in [0.717, 1.165) is 5.56 Å². The summed E-state index contributed by atoms with van der Waals surface area (Å²) in [6.07, 6.45) is 1.47. The van der Waals surface area contributed by atoms with E-state index in [9.17, 15) is 9.59 Å². The second-order valence-corrected chi connectivity index (χ2v) is 2.83. The number of carboxylic acid groups (broad SMARTS) is 1. The van der Waals surface area contributed by atoms with E-state index in [1.165, 1.54) is 6.29 Å². The fourth-order valence-corrected chi connectivity index (χ4v) is 1.11. The van der Waals surface area contributed by atoms with E-state index in [2.05, 4.69) is 0 Å². The van der Waals surface area contributed by atoms with Crippen molar-refractivity contribution in [3.05, 3.63) is 35.4 Å². The Morgan fingerprint density at radius 1 is 1.43 bits per heavy atom. The first-order chi connectivity index (χ1) is 6.69. The third-order valence-electron chi connectivity index (χ3n) is 1.91. The van der Waals surface area contributed by atoms with Crippen LogP contribution in [0.15, 0.2) is 24.3 Å². The molecule has 1 rings (SSSR count). The van der Waals surface area contributed by atoms with E-state index in [1.54, 1.807) is 24.3 Å². The summed E-state index contributed by atoms with van der Waals surface area (Å²) in [5.41, 5.74) is 6.69. The zero-order valence-electron chi connectivity index (χ0n) is 7.43. The fraction of sp³-hybridized carbons (Fsp3) is 0.200. The summed E-state index contributed by atoms with van der Waals surface area (Å²) in [4.78, 5) is 21.0. The van der Waals surface area contributed by atoms with Gasteiger partial charge in [-0.25, -0.2) is 0 Å². The van der Waals surface area contributed by atoms with Crippen LogP contribution in [0.1, 0.15) is 17.0 Å². The van der Waals surface area contributed by atoms with Crippen LogP contribution < -0.4 is 5.73 Å². The summed E-state index contributed by atoms with van der Waals surface area (Å²) in [7, 11) is 0. The minimum atomic E-state index is -1.21. The SMILES string of the molecule is NCc1ccc(C([C]=O)C(=O)O)cc1. The average molecular weight is 192 g/mol. The van der Waals surface area contributed by atoms with Crippen LogP contribution >= 0.6 is 0 Å². The summed E-state index contributed by atoms with van der Waals surface area (Å²) in [6.45, 7) is 0.392. The maximum Gasteiger partial charge on any atom is 0.319 e. The number of carbonyl (C=O) groups excluding carboxylic acids is 1. The Morgan fingerprint density at radius 3 is 2.36 bits per heavy atom. The molecule has 0 heterocycles. The minimum Gasteiger partial charge on any atom is -0.480 e. The Hall–Kier alpha value is -1.68. The first-order valence-electron chi connectivity index (χ1n) is 4.08. The Morgan fingerprint density at radius 2 is 2.00 bits per heavy atom. The normalized spacial score (nSPS) is 12.1. The molecule has 1 aromatic carbocycles.